The summed E-state index contributed by atoms with van der Waals surface area (Å²) in [5.41, 5.74) is 0.911. The molecule has 1 unspecified atom stereocenters. The maximum atomic E-state index is 13.0. The van der Waals surface area contributed by atoms with E-state index in [0.29, 0.717) is 57.1 Å². The van der Waals surface area contributed by atoms with Gasteiger partial charge in [0.05, 0.1) is 0 Å². The fraction of sp³-hybridized carbons (Fsp3) is 0.526. The van der Waals surface area contributed by atoms with Crippen molar-refractivity contribution in [3.05, 3.63) is 23.8 Å². The van der Waals surface area contributed by atoms with E-state index in [0.717, 1.165) is 5.56 Å². The molecule has 0 aromatic heterocycles. The normalized spacial score (nSPS) is 21.7. The summed E-state index contributed by atoms with van der Waals surface area (Å²) < 4.78 is 10.7. The molecular weight excluding hydrogens is 350 g/mol. The highest BCUT2D eigenvalue weighted by atomic mass is 16.7. The van der Waals surface area contributed by atoms with Crippen LogP contribution in [0.15, 0.2) is 18.2 Å². The van der Waals surface area contributed by atoms with Gasteiger partial charge in [-0.1, -0.05) is 6.07 Å². The van der Waals surface area contributed by atoms with Gasteiger partial charge in [-0.05, 0) is 24.1 Å². The summed E-state index contributed by atoms with van der Waals surface area (Å²) in [6.07, 6.45) is 0.920. The Morgan fingerprint density at radius 1 is 1.07 bits per heavy atom. The number of benzene rings is 1. The Balaban J connectivity index is 1.43. The molecule has 0 saturated carbocycles. The van der Waals surface area contributed by atoms with Crippen LogP contribution in [-0.2, 0) is 20.9 Å². The highest BCUT2D eigenvalue weighted by Gasteiger charge is 2.39. The summed E-state index contributed by atoms with van der Waals surface area (Å²) in [6, 6.07) is 5.15. The zero-order chi connectivity index (χ0) is 19.0. The van der Waals surface area contributed by atoms with Crippen LogP contribution in [0.25, 0.3) is 0 Å². The Morgan fingerprint density at radius 3 is 2.52 bits per heavy atom. The van der Waals surface area contributed by atoms with Gasteiger partial charge in [-0.2, -0.15) is 0 Å². The molecule has 144 valence electrons. The minimum Gasteiger partial charge on any atom is -0.454 e. The zero-order valence-corrected chi connectivity index (χ0v) is 15.3. The average Bonchev–Trinajstić information content (AvgIpc) is 3.28. The molecule has 3 aliphatic rings. The number of fused-ring (bicyclic) bond motifs is 1. The second kappa shape index (κ2) is 7.09. The maximum Gasteiger partial charge on any atom is 0.245 e. The predicted octanol–water partition coefficient (Wildman–Crippen LogP) is 0.597. The molecule has 0 bridgehead atoms. The first-order valence-electron chi connectivity index (χ1n) is 9.25. The standard InChI is InChI=1S/C19H23N3O5/c1-13(23)20-6-8-21(9-7-20)19(25)15-3-5-18(24)22(15)11-14-2-4-16-17(10-14)27-12-26-16/h2,4,10,15H,3,5-9,11-12H2,1H3. The van der Waals surface area contributed by atoms with Crippen LogP contribution in [0.3, 0.4) is 0 Å². The maximum absolute atomic E-state index is 13.0. The Kier molecular flexibility index (Phi) is 4.63. The molecule has 1 aromatic rings. The summed E-state index contributed by atoms with van der Waals surface area (Å²) >= 11 is 0. The summed E-state index contributed by atoms with van der Waals surface area (Å²) in [5, 5.41) is 0. The Morgan fingerprint density at radius 2 is 1.78 bits per heavy atom. The van der Waals surface area contributed by atoms with Crippen molar-refractivity contribution in [2.45, 2.75) is 32.4 Å². The van der Waals surface area contributed by atoms with Gasteiger partial charge in [0.1, 0.15) is 6.04 Å². The first kappa shape index (κ1) is 17.6. The smallest absolute Gasteiger partial charge is 0.245 e. The minimum absolute atomic E-state index is 0.00612. The summed E-state index contributed by atoms with van der Waals surface area (Å²) in [6.45, 7) is 4.24. The van der Waals surface area contributed by atoms with Crippen molar-refractivity contribution in [3.63, 3.8) is 0 Å². The van der Waals surface area contributed by atoms with Crippen LogP contribution in [0.5, 0.6) is 11.5 Å². The number of hydrogen-bond acceptors (Lipinski definition) is 5. The average molecular weight is 373 g/mol. The van der Waals surface area contributed by atoms with Crippen LogP contribution in [0.4, 0.5) is 0 Å². The van der Waals surface area contributed by atoms with Gasteiger partial charge in [-0.15, -0.1) is 0 Å². The van der Waals surface area contributed by atoms with Crippen molar-refractivity contribution >= 4 is 17.7 Å². The first-order valence-corrected chi connectivity index (χ1v) is 9.25. The van der Waals surface area contributed by atoms with E-state index in [4.69, 9.17) is 9.47 Å². The molecule has 3 heterocycles. The molecule has 0 spiro atoms. The SMILES string of the molecule is CC(=O)N1CCN(C(=O)C2CCC(=O)N2Cc2ccc3c(c2)OCO3)CC1. The largest absolute Gasteiger partial charge is 0.454 e. The molecule has 0 aliphatic carbocycles. The van der Waals surface area contributed by atoms with Gasteiger partial charge in [0, 0.05) is 46.1 Å². The topological polar surface area (TPSA) is 79.4 Å². The fourth-order valence-electron chi connectivity index (χ4n) is 3.88. The molecule has 1 atom stereocenters. The molecule has 0 radical (unpaired) electrons. The van der Waals surface area contributed by atoms with Crippen molar-refractivity contribution in [1.82, 2.24) is 14.7 Å². The van der Waals surface area contributed by atoms with E-state index in [-0.39, 0.29) is 24.5 Å². The number of carbonyl (C=O) groups is 3. The summed E-state index contributed by atoms with van der Waals surface area (Å²) in [4.78, 5) is 42.0. The number of rotatable bonds is 3. The van der Waals surface area contributed by atoms with Gasteiger partial charge in [-0.3, -0.25) is 14.4 Å². The molecule has 3 amide bonds. The van der Waals surface area contributed by atoms with Crippen molar-refractivity contribution in [3.8, 4) is 11.5 Å². The van der Waals surface area contributed by atoms with Crippen LogP contribution >= 0.6 is 0 Å². The van der Waals surface area contributed by atoms with Crippen LogP contribution < -0.4 is 9.47 Å². The van der Waals surface area contributed by atoms with Crippen molar-refractivity contribution in [1.29, 1.82) is 0 Å². The number of nitrogens with zero attached hydrogens (tertiary/aromatic N) is 3. The number of amides is 3. The van der Waals surface area contributed by atoms with E-state index in [1.165, 1.54) is 0 Å². The third-order valence-electron chi connectivity index (χ3n) is 5.44. The van der Waals surface area contributed by atoms with E-state index in [1.54, 1.807) is 21.6 Å². The number of carbonyl (C=O) groups excluding carboxylic acids is 3. The van der Waals surface area contributed by atoms with Crippen molar-refractivity contribution < 1.29 is 23.9 Å². The highest BCUT2D eigenvalue weighted by molar-refractivity contribution is 5.91. The van der Waals surface area contributed by atoms with Crippen molar-refractivity contribution in [2.24, 2.45) is 0 Å². The fourth-order valence-corrected chi connectivity index (χ4v) is 3.88. The van der Waals surface area contributed by atoms with Crippen molar-refractivity contribution in [2.75, 3.05) is 33.0 Å². The van der Waals surface area contributed by atoms with Gasteiger partial charge in [0.25, 0.3) is 0 Å². The molecule has 1 aromatic carbocycles. The molecule has 8 heteroatoms. The van der Waals surface area contributed by atoms with Gasteiger partial charge in [0.2, 0.25) is 24.5 Å². The molecular formula is C19H23N3O5. The lowest BCUT2D eigenvalue weighted by molar-refractivity contribution is -0.144. The van der Waals surface area contributed by atoms with Crippen LogP contribution in [0.2, 0.25) is 0 Å². The quantitative estimate of drug-likeness (QED) is 0.775. The van der Waals surface area contributed by atoms with E-state index >= 15 is 0 Å². The molecule has 3 aliphatic heterocycles. The molecule has 8 nitrogen and oxygen atoms in total. The number of likely N-dealkylation sites (tertiary alicyclic amines) is 1. The summed E-state index contributed by atoms with van der Waals surface area (Å²) in [5.74, 6) is 1.37. The molecule has 0 N–H and O–H groups in total. The lowest BCUT2D eigenvalue weighted by Crippen LogP contribution is -2.54. The molecule has 2 fully saturated rings. The van der Waals surface area contributed by atoms with E-state index in [9.17, 15) is 14.4 Å². The Hall–Kier alpha value is -2.77. The van der Waals surface area contributed by atoms with Crippen LogP contribution in [-0.4, -0.2) is 71.4 Å². The minimum atomic E-state index is -0.438. The zero-order valence-electron chi connectivity index (χ0n) is 15.3. The predicted molar refractivity (Wildman–Crippen MR) is 95.0 cm³/mol. The number of piperazine rings is 1. The molecule has 2 saturated heterocycles. The van der Waals surface area contributed by atoms with Gasteiger partial charge >= 0.3 is 0 Å². The van der Waals surface area contributed by atoms with E-state index in [1.807, 2.05) is 18.2 Å². The van der Waals surface area contributed by atoms with E-state index < -0.39 is 6.04 Å². The van der Waals surface area contributed by atoms with E-state index in [2.05, 4.69) is 0 Å². The number of hydrogen-bond donors (Lipinski definition) is 0. The third kappa shape index (κ3) is 3.43. The second-order valence-corrected chi connectivity index (χ2v) is 7.10. The highest BCUT2D eigenvalue weighted by Crippen LogP contribution is 2.33. The third-order valence-corrected chi connectivity index (χ3v) is 5.44. The Labute approximate surface area is 157 Å². The monoisotopic (exact) mass is 373 g/mol. The van der Waals surface area contributed by atoms with Gasteiger partial charge < -0.3 is 24.2 Å². The molecule has 4 rings (SSSR count). The van der Waals surface area contributed by atoms with Crippen LogP contribution in [0, 0.1) is 0 Å². The Bertz CT molecular complexity index is 773. The van der Waals surface area contributed by atoms with Gasteiger partial charge in [0.15, 0.2) is 11.5 Å². The lowest BCUT2D eigenvalue weighted by atomic mass is 10.1. The second-order valence-electron chi connectivity index (χ2n) is 7.10. The number of ether oxygens (including phenoxy) is 2. The lowest BCUT2D eigenvalue weighted by Gasteiger charge is -2.37. The van der Waals surface area contributed by atoms with Gasteiger partial charge in [-0.25, -0.2) is 0 Å². The summed E-state index contributed by atoms with van der Waals surface area (Å²) in [7, 11) is 0. The molecule has 27 heavy (non-hydrogen) atoms. The first-order chi connectivity index (χ1) is 13.0. The van der Waals surface area contributed by atoms with Crippen LogP contribution in [0.1, 0.15) is 25.3 Å².